The van der Waals surface area contributed by atoms with E-state index in [0.29, 0.717) is 29.5 Å². The molecule has 0 radical (unpaired) electrons. The van der Waals surface area contributed by atoms with Crippen molar-refractivity contribution in [1.82, 2.24) is 0 Å². The number of fused-ring (bicyclic) bond motifs is 2. The molecule has 3 aliphatic rings. The summed E-state index contributed by atoms with van der Waals surface area (Å²) in [7, 11) is 0. The van der Waals surface area contributed by atoms with Crippen molar-refractivity contribution in [3.63, 3.8) is 0 Å². The van der Waals surface area contributed by atoms with Crippen molar-refractivity contribution < 1.29 is 9.84 Å². The molecule has 0 heterocycles. The number of rotatable bonds is 4. The minimum Gasteiger partial charge on any atom is -0.390 e. The zero-order chi connectivity index (χ0) is 13.7. The molecule has 0 aromatic rings. The highest BCUT2D eigenvalue weighted by atomic mass is 16.5. The summed E-state index contributed by atoms with van der Waals surface area (Å²) in [5.74, 6) is 1.32. The van der Waals surface area contributed by atoms with E-state index in [4.69, 9.17) is 4.74 Å². The Balaban J connectivity index is 1.57. The normalized spacial score (nSPS) is 42.9. The van der Waals surface area contributed by atoms with Crippen molar-refractivity contribution in [3.05, 3.63) is 0 Å². The average molecular weight is 266 g/mol. The van der Waals surface area contributed by atoms with Crippen molar-refractivity contribution in [2.75, 3.05) is 6.61 Å². The lowest BCUT2D eigenvalue weighted by Crippen LogP contribution is -2.39. The van der Waals surface area contributed by atoms with Crippen LogP contribution in [0.3, 0.4) is 0 Å². The number of aliphatic hydroxyl groups is 1. The lowest BCUT2D eigenvalue weighted by molar-refractivity contribution is -0.0849. The van der Waals surface area contributed by atoms with Crippen LogP contribution in [0.5, 0.6) is 0 Å². The van der Waals surface area contributed by atoms with Gasteiger partial charge in [0.15, 0.2) is 0 Å². The van der Waals surface area contributed by atoms with Crippen LogP contribution < -0.4 is 0 Å². The van der Waals surface area contributed by atoms with Crippen LogP contribution in [-0.4, -0.2) is 23.9 Å². The molecule has 1 N–H and O–H groups in total. The molecule has 0 saturated heterocycles. The van der Waals surface area contributed by atoms with Gasteiger partial charge in [0.25, 0.3) is 0 Å². The Morgan fingerprint density at radius 1 is 1.16 bits per heavy atom. The van der Waals surface area contributed by atoms with Gasteiger partial charge >= 0.3 is 0 Å². The van der Waals surface area contributed by atoms with E-state index < -0.39 is 0 Å². The predicted molar refractivity (Wildman–Crippen MR) is 76.9 cm³/mol. The zero-order valence-electron chi connectivity index (χ0n) is 12.8. The second-order valence-corrected chi connectivity index (χ2v) is 8.04. The van der Waals surface area contributed by atoms with E-state index in [1.165, 1.54) is 44.9 Å². The first-order valence-corrected chi connectivity index (χ1v) is 8.25. The average Bonchev–Trinajstić information content (AvgIpc) is 3.01. The summed E-state index contributed by atoms with van der Waals surface area (Å²) in [4.78, 5) is 0. The van der Waals surface area contributed by atoms with E-state index in [1.807, 2.05) is 0 Å². The smallest absolute Gasteiger partial charge is 0.0801 e. The van der Waals surface area contributed by atoms with Gasteiger partial charge in [0, 0.05) is 0 Å². The molecule has 2 heteroatoms. The first-order valence-electron chi connectivity index (χ1n) is 8.25. The van der Waals surface area contributed by atoms with Crippen molar-refractivity contribution in [3.8, 4) is 0 Å². The molecule has 3 aliphatic carbocycles. The van der Waals surface area contributed by atoms with Crippen molar-refractivity contribution >= 4 is 0 Å². The molecular weight excluding hydrogens is 236 g/mol. The summed E-state index contributed by atoms with van der Waals surface area (Å²) in [5.41, 5.74) is 0.739. The van der Waals surface area contributed by atoms with E-state index in [9.17, 15) is 5.11 Å². The summed E-state index contributed by atoms with van der Waals surface area (Å²) in [6.07, 6.45) is 8.99. The Kier molecular flexibility index (Phi) is 3.46. The Hall–Kier alpha value is -0.0800. The molecule has 3 fully saturated rings. The van der Waals surface area contributed by atoms with Gasteiger partial charge in [-0.25, -0.2) is 0 Å². The maximum Gasteiger partial charge on any atom is 0.0801 e. The van der Waals surface area contributed by atoms with Crippen molar-refractivity contribution in [2.45, 2.75) is 77.9 Å². The highest BCUT2D eigenvalue weighted by Crippen LogP contribution is 2.66. The van der Waals surface area contributed by atoms with Gasteiger partial charge in [0.2, 0.25) is 0 Å². The fraction of sp³-hybridized carbons (Fsp3) is 1.00. The molecule has 19 heavy (non-hydrogen) atoms. The van der Waals surface area contributed by atoms with Crippen LogP contribution in [0.1, 0.15) is 65.7 Å². The summed E-state index contributed by atoms with van der Waals surface area (Å²) in [6.45, 7) is 7.81. The molecule has 4 unspecified atom stereocenters. The van der Waals surface area contributed by atoms with Crippen LogP contribution in [0.25, 0.3) is 0 Å². The Morgan fingerprint density at radius 2 is 1.84 bits per heavy atom. The van der Waals surface area contributed by atoms with Gasteiger partial charge in [-0.05, 0) is 54.8 Å². The summed E-state index contributed by atoms with van der Waals surface area (Å²) >= 11 is 0. The molecule has 2 nitrogen and oxygen atoms in total. The molecular formula is C17H30O2. The van der Waals surface area contributed by atoms with Crippen molar-refractivity contribution in [1.29, 1.82) is 0 Å². The van der Waals surface area contributed by atoms with Gasteiger partial charge in [-0.2, -0.15) is 0 Å². The molecule has 0 aromatic carbocycles. The number of hydrogen-bond acceptors (Lipinski definition) is 2. The van der Waals surface area contributed by atoms with Gasteiger partial charge in [-0.3, -0.25) is 0 Å². The van der Waals surface area contributed by atoms with Crippen LogP contribution in [-0.2, 0) is 4.74 Å². The van der Waals surface area contributed by atoms with E-state index in [1.54, 1.807) is 0 Å². The molecule has 4 atom stereocenters. The Morgan fingerprint density at radius 3 is 2.37 bits per heavy atom. The van der Waals surface area contributed by atoms with E-state index >= 15 is 0 Å². The summed E-state index contributed by atoms with van der Waals surface area (Å²) in [5, 5.41) is 10.3. The zero-order valence-corrected chi connectivity index (χ0v) is 12.8. The third kappa shape index (κ3) is 2.06. The van der Waals surface area contributed by atoms with Crippen LogP contribution in [0, 0.1) is 22.7 Å². The van der Waals surface area contributed by atoms with Gasteiger partial charge in [-0.1, -0.05) is 33.6 Å². The largest absolute Gasteiger partial charge is 0.390 e. The van der Waals surface area contributed by atoms with Crippen LogP contribution >= 0.6 is 0 Å². The minimum absolute atomic E-state index is 0.228. The lowest BCUT2D eigenvalue weighted by atomic mass is 9.70. The highest BCUT2D eigenvalue weighted by Gasteiger charge is 2.61. The maximum absolute atomic E-state index is 10.3. The maximum atomic E-state index is 10.3. The number of aliphatic hydroxyl groups excluding tert-OH is 1. The third-order valence-corrected chi connectivity index (χ3v) is 7.13. The Bertz CT molecular complexity index is 332. The van der Waals surface area contributed by atoms with Crippen LogP contribution in [0.15, 0.2) is 0 Å². The quantitative estimate of drug-likeness (QED) is 0.839. The SMILES string of the molecule is CC1(C)C2CCC1(C)C(OCC(O)C1CCCC1)C2. The minimum atomic E-state index is -0.228. The molecule has 3 rings (SSSR count). The lowest BCUT2D eigenvalue weighted by Gasteiger charge is -2.39. The number of ether oxygens (including phenoxy) is 1. The van der Waals surface area contributed by atoms with Crippen LogP contribution in [0.2, 0.25) is 0 Å². The molecule has 0 aromatic heterocycles. The second-order valence-electron chi connectivity index (χ2n) is 8.04. The molecule has 2 bridgehead atoms. The first-order chi connectivity index (χ1) is 8.95. The van der Waals surface area contributed by atoms with Gasteiger partial charge in [-0.15, -0.1) is 0 Å². The highest BCUT2D eigenvalue weighted by molar-refractivity contribution is 5.11. The fourth-order valence-electron chi connectivity index (χ4n) is 5.08. The molecule has 0 spiro atoms. The molecule has 0 aliphatic heterocycles. The summed E-state index contributed by atoms with van der Waals surface area (Å²) < 4.78 is 6.20. The van der Waals surface area contributed by atoms with Gasteiger partial charge < -0.3 is 9.84 Å². The first kappa shape index (κ1) is 13.9. The standard InChI is InChI=1S/C17H30O2/c1-16(2)13-8-9-17(16,3)15(10-13)19-11-14(18)12-6-4-5-7-12/h12-15,18H,4-11H2,1-3H3. The van der Waals surface area contributed by atoms with E-state index in [-0.39, 0.29) is 6.10 Å². The van der Waals surface area contributed by atoms with Crippen molar-refractivity contribution in [2.24, 2.45) is 22.7 Å². The molecule has 110 valence electrons. The number of hydrogen-bond donors (Lipinski definition) is 1. The summed E-state index contributed by atoms with van der Waals surface area (Å²) in [6, 6.07) is 0. The Labute approximate surface area is 117 Å². The predicted octanol–water partition coefficient (Wildman–Crippen LogP) is 3.77. The fourth-order valence-corrected chi connectivity index (χ4v) is 5.08. The van der Waals surface area contributed by atoms with E-state index in [0.717, 1.165) is 5.92 Å². The topological polar surface area (TPSA) is 29.5 Å². The third-order valence-electron chi connectivity index (χ3n) is 7.13. The van der Waals surface area contributed by atoms with Crippen LogP contribution in [0.4, 0.5) is 0 Å². The second kappa shape index (κ2) is 4.73. The van der Waals surface area contributed by atoms with Gasteiger partial charge in [0.05, 0.1) is 18.8 Å². The molecule has 0 amide bonds. The molecule has 3 saturated carbocycles. The monoisotopic (exact) mass is 266 g/mol. The van der Waals surface area contributed by atoms with E-state index in [2.05, 4.69) is 20.8 Å². The van der Waals surface area contributed by atoms with Gasteiger partial charge in [0.1, 0.15) is 0 Å².